The van der Waals surface area contributed by atoms with E-state index >= 15 is 0 Å². The Morgan fingerprint density at radius 3 is 2.87 bits per heavy atom. The van der Waals surface area contributed by atoms with Gasteiger partial charge in [0.25, 0.3) is 0 Å². The molecule has 1 aromatic heterocycles. The summed E-state index contributed by atoms with van der Waals surface area (Å²) in [6.07, 6.45) is 1.53. The molecule has 0 radical (unpaired) electrons. The van der Waals surface area contributed by atoms with Crippen LogP contribution in [0.5, 0.6) is 0 Å². The molecule has 0 saturated heterocycles. The second-order valence-electron chi connectivity index (χ2n) is 3.69. The van der Waals surface area contributed by atoms with Crippen LogP contribution in [0.1, 0.15) is 19.0 Å². The first kappa shape index (κ1) is 9.89. The van der Waals surface area contributed by atoms with Crippen molar-refractivity contribution in [2.24, 2.45) is 5.92 Å². The van der Waals surface area contributed by atoms with Gasteiger partial charge in [0, 0.05) is 6.04 Å². The number of aliphatic carboxylic acids is 1. The molecular weight excluding hydrogens is 194 g/mol. The van der Waals surface area contributed by atoms with Gasteiger partial charge in [-0.25, -0.2) is 0 Å². The number of nitrogens with zero attached hydrogens (tertiary/aromatic N) is 2. The molecule has 1 fully saturated rings. The van der Waals surface area contributed by atoms with Crippen molar-refractivity contribution >= 4 is 11.8 Å². The molecule has 5 nitrogen and oxygen atoms in total. The lowest BCUT2D eigenvalue weighted by molar-refractivity contribution is -0.138. The number of aryl methyl sites for hydroxylation is 1. The third kappa shape index (κ3) is 2.23. The van der Waals surface area contributed by atoms with Gasteiger partial charge in [-0.05, 0) is 25.0 Å². The summed E-state index contributed by atoms with van der Waals surface area (Å²) in [5, 5.41) is 19.7. The van der Waals surface area contributed by atoms with Gasteiger partial charge < -0.3 is 10.4 Å². The largest absolute Gasteiger partial charge is 0.481 e. The highest BCUT2D eigenvalue weighted by Crippen LogP contribution is 2.32. The van der Waals surface area contributed by atoms with Gasteiger partial charge in [-0.1, -0.05) is 6.92 Å². The standard InChI is InChI=1S/C10H13N3O2/c1-2-6-3-4-9(13-12-6)11-8-5-7(8)10(14)15/h3-4,7-8H,2,5H2,1H3,(H,11,13)(H,14,15). The van der Waals surface area contributed by atoms with E-state index in [4.69, 9.17) is 5.11 Å². The van der Waals surface area contributed by atoms with Crippen molar-refractivity contribution in [1.29, 1.82) is 0 Å². The Morgan fingerprint density at radius 1 is 1.60 bits per heavy atom. The molecule has 1 heterocycles. The minimum absolute atomic E-state index is 0.0178. The molecule has 2 unspecified atom stereocenters. The maximum atomic E-state index is 10.6. The summed E-state index contributed by atoms with van der Waals surface area (Å²) < 4.78 is 0. The lowest BCUT2D eigenvalue weighted by Crippen LogP contribution is -2.11. The highest BCUT2D eigenvalue weighted by atomic mass is 16.4. The lowest BCUT2D eigenvalue weighted by Gasteiger charge is -2.02. The molecule has 1 aromatic rings. The Hall–Kier alpha value is -1.65. The van der Waals surface area contributed by atoms with Gasteiger partial charge >= 0.3 is 5.97 Å². The van der Waals surface area contributed by atoms with Gasteiger partial charge in [0.1, 0.15) is 5.82 Å². The van der Waals surface area contributed by atoms with E-state index in [2.05, 4.69) is 15.5 Å². The number of hydrogen-bond donors (Lipinski definition) is 2. The number of nitrogens with one attached hydrogen (secondary N) is 1. The predicted molar refractivity (Wildman–Crippen MR) is 54.6 cm³/mol. The maximum absolute atomic E-state index is 10.6. The summed E-state index contributed by atoms with van der Waals surface area (Å²) in [5.74, 6) is -0.357. The number of carboxylic acid groups (broad SMARTS) is 1. The zero-order valence-corrected chi connectivity index (χ0v) is 8.47. The smallest absolute Gasteiger partial charge is 0.308 e. The average Bonchev–Trinajstić information content (AvgIpc) is 2.98. The van der Waals surface area contributed by atoms with E-state index in [1.54, 1.807) is 0 Å². The third-order valence-corrected chi connectivity index (χ3v) is 2.52. The average molecular weight is 207 g/mol. The Bertz CT molecular complexity index is 363. The highest BCUT2D eigenvalue weighted by Gasteiger charge is 2.43. The van der Waals surface area contributed by atoms with Crippen molar-refractivity contribution in [3.05, 3.63) is 17.8 Å². The van der Waals surface area contributed by atoms with E-state index in [-0.39, 0.29) is 12.0 Å². The molecule has 0 spiro atoms. The summed E-state index contributed by atoms with van der Waals surface area (Å²) in [7, 11) is 0. The molecule has 2 atom stereocenters. The molecule has 1 aliphatic carbocycles. The van der Waals surface area contributed by atoms with Crippen LogP contribution < -0.4 is 5.32 Å². The number of aromatic nitrogens is 2. The fraction of sp³-hybridized carbons (Fsp3) is 0.500. The van der Waals surface area contributed by atoms with E-state index in [0.29, 0.717) is 12.2 Å². The first-order valence-corrected chi connectivity index (χ1v) is 5.02. The third-order valence-electron chi connectivity index (χ3n) is 2.52. The second-order valence-corrected chi connectivity index (χ2v) is 3.69. The number of anilines is 1. The molecule has 80 valence electrons. The van der Waals surface area contributed by atoms with Gasteiger partial charge in [0.05, 0.1) is 11.6 Å². The summed E-state index contributed by atoms with van der Waals surface area (Å²) in [5.41, 5.74) is 0.936. The fourth-order valence-electron chi connectivity index (χ4n) is 1.44. The molecule has 0 bridgehead atoms. The zero-order valence-electron chi connectivity index (χ0n) is 8.47. The Morgan fingerprint density at radius 2 is 2.40 bits per heavy atom. The van der Waals surface area contributed by atoms with Crippen LogP contribution in [0.15, 0.2) is 12.1 Å². The Balaban J connectivity index is 1.92. The molecule has 2 N–H and O–H groups in total. The lowest BCUT2D eigenvalue weighted by atomic mass is 10.3. The van der Waals surface area contributed by atoms with Crippen LogP contribution in [0.25, 0.3) is 0 Å². The zero-order chi connectivity index (χ0) is 10.8. The van der Waals surface area contributed by atoms with Crippen LogP contribution in [0, 0.1) is 5.92 Å². The van der Waals surface area contributed by atoms with E-state index in [0.717, 1.165) is 12.1 Å². The summed E-state index contributed by atoms with van der Waals surface area (Å²) in [4.78, 5) is 10.6. The van der Waals surface area contributed by atoms with E-state index in [1.807, 2.05) is 19.1 Å². The van der Waals surface area contributed by atoms with Crippen molar-refractivity contribution in [1.82, 2.24) is 10.2 Å². The molecule has 1 saturated carbocycles. The molecule has 0 aliphatic heterocycles. The van der Waals surface area contributed by atoms with Gasteiger partial charge in [-0.2, -0.15) is 5.10 Å². The first-order chi connectivity index (χ1) is 7.20. The van der Waals surface area contributed by atoms with Crippen LogP contribution in [0.3, 0.4) is 0 Å². The summed E-state index contributed by atoms with van der Waals surface area (Å²) in [6.45, 7) is 2.01. The minimum Gasteiger partial charge on any atom is -0.481 e. The summed E-state index contributed by atoms with van der Waals surface area (Å²) >= 11 is 0. The van der Waals surface area contributed by atoms with Gasteiger partial charge in [-0.15, -0.1) is 5.10 Å². The van der Waals surface area contributed by atoms with Crippen LogP contribution in [0.4, 0.5) is 5.82 Å². The molecule has 1 aliphatic rings. The van der Waals surface area contributed by atoms with Crippen LogP contribution >= 0.6 is 0 Å². The second kappa shape index (κ2) is 3.84. The molecule has 15 heavy (non-hydrogen) atoms. The van der Waals surface area contributed by atoms with E-state index in [1.165, 1.54) is 0 Å². The van der Waals surface area contributed by atoms with Crippen molar-refractivity contribution in [2.45, 2.75) is 25.8 Å². The van der Waals surface area contributed by atoms with Crippen LogP contribution in [0.2, 0.25) is 0 Å². The van der Waals surface area contributed by atoms with Crippen molar-refractivity contribution in [3.8, 4) is 0 Å². The predicted octanol–water partition coefficient (Wildman–Crippen LogP) is 0.924. The number of rotatable bonds is 4. The molecule has 2 rings (SSSR count). The highest BCUT2D eigenvalue weighted by molar-refractivity contribution is 5.75. The number of carboxylic acids is 1. The van der Waals surface area contributed by atoms with Gasteiger partial charge in [0.2, 0.25) is 0 Å². The van der Waals surface area contributed by atoms with E-state index < -0.39 is 5.97 Å². The molecular formula is C10H13N3O2. The molecule has 0 amide bonds. The fourth-order valence-corrected chi connectivity index (χ4v) is 1.44. The normalized spacial score (nSPS) is 23.5. The van der Waals surface area contributed by atoms with Crippen molar-refractivity contribution < 1.29 is 9.90 Å². The monoisotopic (exact) mass is 207 g/mol. The van der Waals surface area contributed by atoms with Gasteiger partial charge in [-0.3, -0.25) is 4.79 Å². The molecule has 0 aromatic carbocycles. The quantitative estimate of drug-likeness (QED) is 0.768. The van der Waals surface area contributed by atoms with Gasteiger partial charge in [0.15, 0.2) is 0 Å². The number of carbonyl (C=O) groups is 1. The first-order valence-electron chi connectivity index (χ1n) is 5.02. The number of hydrogen-bond acceptors (Lipinski definition) is 4. The minimum atomic E-state index is -0.745. The maximum Gasteiger partial charge on any atom is 0.308 e. The van der Waals surface area contributed by atoms with Crippen molar-refractivity contribution in [2.75, 3.05) is 5.32 Å². The topological polar surface area (TPSA) is 75.1 Å². The van der Waals surface area contributed by atoms with Crippen molar-refractivity contribution in [3.63, 3.8) is 0 Å². The summed E-state index contributed by atoms with van der Waals surface area (Å²) in [6, 6.07) is 3.75. The van der Waals surface area contributed by atoms with Crippen LogP contribution in [-0.4, -0.2) is 27.3 Å². The van der Waals surface area contributed by atoms with E-state index in [9.17, 15) is 4.79 Å². The Kier molecular flexibility index (Phi) is 2.53. The van der Waals surface area contributed by atoms with Crippen LogP contribution in [-0.2, 0) is 11.2 Å². The Labute approximate surface area is 87.5 Å². The SMILES string of the molecule is CCc1ccc(NC2CC2C(=O)O)nn1. The molecule has 5 heteroatoms.